The van der Waals surface area contributed by atoms with Gasteiger partial charge in [0.05, 0.1) is 18.4 Å². The zero-order chi connectivity index (χ0) is 18.1. The number of benzene rings is 2. The number of methoxy groups -OCH3 is 2. The maximum absolute atomic E-state index is 12.4. The van der Waals surface area contributed by atoms with Crippen molar-refractivity contribution in [2.45, 2.75) is 6.42 Å². The van der Waals surface area contributed by atoms with E-state index in [2.05, 4.69) is 10.6 Å². The molecule has 0 radical (unpaired) electrons. The zero-order valence-corrected chi connectivity index (χ0v) is 14.4. The van der Waals surface area contributed by atoms with E-state index in [1.54, 1.807) is 62.8 Å². The molecule has 25 heavy (non-hydrogen) atoms. The van der Waals surface area contributed by atoms with Crippen LogP contribution in [0.1, 0.15) is 27.1 Å². The van der Waals surface area contributed by atoms with Crippen molar-refractivity contribution < 1.29 is 19.1 Å². The monoisotopic (exact) mass is 342 g/mol. The van der Waals surface area contributed by atoms with E-state index in [1.807, 2.05) is 0 Å². The van der Waals surface area contributed by atoms with Crippen molar-refractivity contribution >= 4 is 17.5 Å². The highest BCUT2D eigenvalue weighted by atomic mass is 16.5. The molecule has 0 saturated carbocycles. The maximum Gasteiger partial charge on any atom is 0.255 e. The molecule has 0 saturated heterocycles. The van der Waals surface area contributed by atoms with Crippen molar-refractivity contribution in [2.24, 2.45) is 0 Å². The van der Waals surface area contributed by atoms with Crippen LogP contribution >= 0.6 is 0 Å². The summed E-state index contributed by atoms with van der Waals surface area (Å²) in [6.07, 6.45) is 0.725. The van der Waals surface area contributed by atoms with Crippen molar-refractivity contribution in [1.29, 1.82) is 0 Å². The number of carbonyl (C=O) groups excluding carboxylic acids is 2. The van der Waals surface area contributed by atoms with Gasteiger partial charge in [0.25, 0.3) is 11.8 Å². The van der Waals surface area contributed by atoms with Gasteiger partial charge in [0.1, 0.15) is 5.75 Å². The van der Waals surface area contributed by atoms with Gasteiger partial charge < -0.3 is 20.1 Å². The molecular weight excluding hydrogens is 320 g/mol. The summed E-state index contributed by atoms with van der Waals surface area (Å²) in [4.78, 5) is 24.7. The van der Waals surface area contributed by atoms with Crippen molar-refractivity contribution in [2.75, 3.05) is 32.7 Å². The van der Waals surface area contributed by atoms with E-state index in [9.17, 15) is 9.59 Å². The highest BCUT2D eigenvalue weighted by Gasteiger charge is 2.13. The molecule has 6 heteroatoms. The first-order valence-corrected chi connectivity index (χ1v) is 7.97. The molecule has 2 rings (SSSR count). The van der Waals surface area contributed by atoms with E-state index in [1.165, 1.54) is 0 Å². The summed E-state index contributed by atoms with van der Waals surface area (Å²) in [5, 5.41) is 5.60. The van der Waals surface area contributed by atoms with Crippen LogP contribution < -0.4 is 15.4 Å². The minimum absolute atomic E-state index is 0.235. The van der Waals surface area contributed by atoms with Gasteiger partial charge in [0, 0.05) is 25.8 Å². The highest BCUT2D eigenvalue weighted by Crippen LogP contribution is 2.17. The molecule has 0 unspecified atom stereocenters. The SMILES string of the molecule is COCCCNC(=O)c1ccccc1NC(=O)c1ccc(OC)cc1. The van der Waals surface area contributed by atoms with E-state index in [0.29, 0.717) is 35.7 Å². The lowest BCUT2D eigenvalue weighted by Gasteiger charge is -2.11. The molecule has 0 fully saturated rings. The fourth-order valence-electron chi connectivity index (χ4n) is 2.24. The number of anilines is 1. The molecule has 0 aliphatic rings. The summed E-state index contributed by atoms with van der Waals surface area (Å²) in [5.74, 6) is 0.149. The average Bonchev–Trinajstić information content (AvgIpc) is 2.65. The van der Waals surface area contributed by atoms with Crippen molar-refractivity contribution in [1.82, 2.24) is 5.32 Å². The van der Waals surface area contributed by atoms with Gasteiger partial charge in [-0.15, -0.1) is 0 Å². The third kappa shape index (κ3) is 5.32. The van der Waals surface area contributed by atoms with E-state index >= 15 is 0 Å². The Hall–Kier alpha value is -2.86. The molecule has 2 amide bonds. The quantitative estimate of drug-likeness (QED) is 0.723. The predicted molar refractivity (Wildman–Crippen MR) is 96.2 cm³/mol. The molecule has 2 aromatic rings. The van der Waals surface area contributed by atoms with Crippen LogP contribution in [-0.2, 0) is 4.74 Å². The Balaban J connectivity index is 2.06. The first-order valence-electron chi connectivity index (χ1n) is 7.97. The van der Waals surface area contributed by atoms with Gasteiger partial charge in [-0.2, -0.15) is 0 Å². The van der Waals surface area contributed by atoms with Crippen LogP contribution in [0, 0.1) is 0 Å². The normalized spacial score (nSPS) is 10.2. The maximum atomic E-state index is 12.4. The number of amides is 2. The van der Waals surface area contributed by atoms with Crippen LogP contribution in [0.4, 0.5) is 5.69 Å². The second-order valence-electron chi connectivity index (χ2n) is 5.33. The lowest BCUT2D eigenvalue weighted by atomic mass is 10.1. The molecule has 0 aliphatic heterocycles. The van der Waals surface area contributed by atoms with Gasteiger partial charge in [-0.25, -0.2) is 0 Å². The van der Waals surface area contributed by atoms with Gasteiger partial charge in [0.2, 0.25) is 0 Å². The molecule has 2 N–H and O–H groups in total. The number of hydrogen-bond acceptors (Lipinski definition) is 4. The molecule has 0 heterocycles. The Morgan fingerprint density at radius 3 is 2.36 bits per heavy atom. The first kappa shape index (κ1) is 18.5. The van der Waals surface area contributed by atoms with E-state index in [4.69, 9.17) is 9.47 Å². The fourth-order valence-corrected chi connectivity index (χ4v) is 2.24. The van der Waals surface area contributed by atoms with E-state index in [0.717, 1.165) is 6.42 Å². The minimum atomic E-state index is -0.290. The Morgan fingerprint density at radius 1 is 0.960 bits per heavy atom. The van der Waals surface area contributed by atoms with Gasteiger partial charge >= 0.3 is 0 Å². The number of ether oxygens (including phenoxy) is 2. The third-order valence-corrected chi connectivity index (χ3v) is 3.58. The second-order valence-corrected chi connectivity index (χ2v) is 5.33. The number of carbonyl (C=O) groups is 2. The fraction of sp³-hybridized carbons (Fsp3) is 0.263. The van der Waals surface area contributed by atoms with Crippen LogP contribution in [-0.4, -0.2) is 39.2 Å². The molecule has 0 bridgehead atoms. The smallest absolute Gasteiger partial charge is 0.255 e. The molecule has 0 aliphatic carbocycles. The van der Waals surface area contributed by atoms with Crippen LogP contribution in [0.2, 0.25) is 0 Å². The topological polar surface area (TPSA) is 76.7 Å². The lowest BCUT2D eigenvalue weighted by Crippen LogP contribution is -2.26. The summed E-state index contributed by atoms with van der Waals surface area (Å²) < 4.78 is 10.0. The molecule has 6 nitrogen and oxygen atoms in total. The van der Waals surface area contributed by atoms with Crippen molar-refractivity contribution in [3.63, 3.8) is 0 Å². The zero-order valence-electron chi connectivity index (χ0n) is 14.4. The molecule has 2 aromatic carbocycles. The molecule has 0 aromatic heterocycles. The average molecular weight is 342 g/mol. The first-order chi connectivity index (χ1) is 12.2. The van der Waals surface area contributed by atoms with Gasteiger partial charge in [-0.3, -0.25) is 9.59 Å². The summed E-state index contributed by atoms with van der Waals surface area (Å²) in [7, 11) is 3.18. The summed E-state index contributed by atoms with van der Waals surface area (Å²) in [5.41, 5.74) is 1.37. The number of rotatable bonds is 8. The molecule has 0 spiro atoms. The van der Waals surface area contributed by atoms with Crippen LogP contribution in [0.15, 0.2) is 48.5 Å². The Bertz CT molecular complexity index is 714. The van der Waals surface area contributed by atoms with Gasteiger partial charge in [0.15, 0.2) is 0 Å². The Labute approximate surface area is 147 Å². The van der Waals surface area contributed by atoms with E-state index < -0.39 is 0 Å². The van der Waals surface area contributed by atoms with Gasteiger partial charge in [-0.05, 0) is 42.8 Å². The largest absolute Gasteiger partial charge is 0.497 e. The lowest BCUT2D eigenvalue weighted by molar-refractivity contribution is 0.0949. The third-order valence-electron chi connectivity index (χ3n) is 3.58. The van der Waals surface area contributed by atoms with Crippen LogP contribution in [0.3, 0.4) is 0 Å². The number of nitrogens with one attached hydrogen (secondary N) is 2. The number of para-hydroxylation sites is 1. The second kappa shape index (κ2) is 9.44. The van der Waals surface area contributed by atoms with Crippen molar-refractivity contribution in [3.8, 4) is 5.75 Å². The van der Waals surface area contributed by atoms with Crippen LogP contribution in [0.25, 0.3) is 0 Å². The minimum Gasteiger partial charge on any atom is -0.497 e. The van der Waals surface area contributed by atoms with Crippen LogP contribution in [0.5, 0.6) is 5.75 Å². The summed E-state index contributed by atoms with van der Waals surface area (Å²) >= 11 is 0. The van der Waals surface area contributed by atoms with Gasteiger partial charge in [-0.1, -0.05) is 12.1 Å². The van der Waals surface area contributed by atoms with E-state index in [-0.39, 0.29) is 11.8 Å². The highest BCUT2D eigenvalue weighted by molar-refractivity contribution is 6.09. The Morgan fingerprint density at radius 2 is 1.68 bits per heavy atom. The van der Waals surface area contributed by atoms with Crippen molar-refractivity contribution in [3.05, 3.63) is 59.7 Å². The number of hydrogen-bond donors (Lipinski definition) is 2. The molecular formula is C19H22N2O4. The summed E-state index contributed by atoms with van der Waals surface area (Å²) in [6.45, 7) is 1.09. The molecule has 0 atom stereocenters. The predicted octanol–water partition coefficient (Wildman–Crippen LogP) is 2.71. The summed E-state index contributed by atoms with van der Waals surface area (Å²) in [6, 6.07) is 13.7. The standard InChI is InChI=1S/C19H22N2O4/c1-24-13-5-12-20-19(23)16-6-3-4-7-17(16)21-18(22)14-8-10-15(25-2)11-9-14/h3-4,6-11H,5,12-13H2,1-2H3,(H,20,23)(H,21,22). The Kier molecular flexibility index (Phi) is 6.98. The molecule has 132 valence electrons.